The number of carbonyl (C=O) groups excluding carboxylic acids is 1. The zero-order chi connectivity index (χ0) is 20.4. The molecule has 3 aromatic rings. The summed E-state index contributed by atoms with van der Waals surface area (Å²) in [5, 5.41) is 9.88. The maximum absolute atomic E-state index is 13.0. The van der Waals surface area contributed by atoms with Crippen molar-refractivity contribution in [2.45, 2.75) is 0 Å². The number of rotatable bonds is 5. The molecule has 1 aromatic carbocycles. The number of nitrogens with two attached hydrogens (primary N) is 1. The minimum Gasteiger partial charge on any atom is -0.497 e. The number of nitrogens with zero attached hydrogens (tertiary/aromatic N) is 3. The number of β-amino-alcohol motifs (C(OH)–C–C–N with tert-alkyl or cyclic N) is 1. The van der Waals surface area contributed by atoms with Gasteiger partial charge in [0.15, 0.2) is 0 Å². The summed E-state index contributed by atoms with van der Waals surface area (Å²) in [6.07, 6.45) is 0. The molecule has 0 spiro atoms. The number of methoxy groups -OCH3 is 1. The Morgan fingerprint density at radius 2 is 1.90 bits per heavy atom. The first-order valence-electron chi connectivity index (χ1n) is 9.56. The summed E-state index contributed by atoms with van der Waals surface area (Å²) in [5.74, 6) is 0.752. The Morgan fingerprint density at radius 1 is 1.17 bits per heavy atom. The maximum atomic E-state index is 13.0. The highest BCUT2D eigenvalue weighted by molar-refractivity contribution is 7.21. The SMILES string of the molecule is COc1ccc(-c2ccc3c(N)c(C(=O)N4CCN(CCO)CC4)sc3n2)cc1. The Labute approximate surface area is 173 Å². The summed E-state index contributed by atoms with van der Waals surface area (Å²) in [7, 11) is 1.64. The summed E-state index contributed by atoms with van der Waals surface area (Å²) in [5.41, 5.74) is 8.62. The molecule has 152 valence electrons. The lowest BCUT2D eigenvalue weighted by Gasteiger charge is -2.34. The van der Waals surface area contributed by atoms with Crippen molar-refractivity contribution in [2.75, 3.05) is 52.2 Å². The minimum absolute atomic E-state index is 0.0415. The monoisotopic (exact) mass is 412 g/mol. The van der Waals surface area contributed by atoms with Gasteiger partial charge in [0.25, 0.3) is 5.91 Å². The molecule has 0 unspecified atom stereocenters. The molecular formula is C21H24N4O3S. The molecule has 2 aromatic heterocycles. The van der Waals surface area contributed by atoms with E-state index in [0.717, 1.165) is 40.3 Å². The van der Waals surface area contributed by atoms with Gasteiger partial charge in [-0.3, -0.25) is 9.69 Å². The molecule has 3 heterocycles. The van der Waals surface area contributed by atoms with Crippen molar-refractivity contribution in [3.05, 3.63) is 41.3 Å². The van der Waals surface area contributed by atoms with Gasteiger partial charge in [-0.25, -0.2) is 4.98 Å². The van der Waals surface area contributed by atoms with E-state index in [2.05, 4.69) is 4.90 Å². The van der Waals surface area contributed by atoms with Gasteiger partial charge in [0.05, 0.1) is 25.1 Å². The van der Waals surface area contributed by atoms with Crippen LogP contribution in [0.1, 0.15) is 9.67 Å². The van der Waals surface area contributed by atoms with Gasteiger partial charge in [0, 0.05) is 43.7 Å². The molecule has 7 nitrogen and oxygen atoms in total. The number of piperazine rings is 1. The van der Waals surface area contributed by atoms with Gasteiger partial charge in [-0.2, -0.15) is 0 Å². The second-order valence-electron chi connectivity index (χ2n) is 6.98. The van der Waals surface area contributed by atoms with Crippen LogP contribution in [0.25, 0.3) is 21.5 Å². The van der Waals surface area contributed by atoms with E-state index in [1.54, 1.807) is 7.11 Å². The van der Waals surface area contributed by atoms with E-state index >= 15 is 0 Å². The number of thiophene rings is 1. The molecule has 4 rings (SSSR count). The van der Waals surface area contributed by atoms with Crippen molar-refractivity contribution in [1.82, 2.24) is 14.8 Å². The average molecular weight is 413 g/mol. The van der Waals surface area contributed by atoms with E-state index < -0.39 is 0 Å². The molecule has 1 amide bonds. The Kier molecular flexibility index (Phi) is 5.66. The maximum Gasteiger partial charge on any atom is 0.266 e. The first-order chi connectivity index (χ1) is 14.1. The van der Waals surface area contributed by atoms with E-state index in [4.69, 9.17) is 20.6 Å². The van der Waals surface area contributed by atoms with Crippen LogP contribution in [-0.4, -0.2) is 72.2 Å². The van der Waals surface area contributed by atoms with Crippen LogP contribution in [0.2, 0.25) is 0 Å². The Balaban J connectivity index is 1.57. The van der Waals surface area contributed by atoms with Crippen molar-refractivity contribution in [2.24, 2.45) is 0 Å². The number of anilines is 1. The first kappa shape index (κ1) is 19.6. The van der Waals surface area contributed by atoms with Gasteiger partial charge in [-0.15, -0.1) is 11.3 Å². The fraction of sp³-hybridized carbons (Fsp3) is 0.333. The molecule has 1 saturated heterocycles. The molecule has 1 aliphatic rings. The van der Waals surface area contributed by atoms with Gasteiger partial charge in [-0.1, -0.05) is 0 Å². The highest BCUT2D eigenvalue weighted by atomic mass is 32.1. The van der Waals surface area contributed by atoms with Crippen LogP contribution < -0.4 is 10.5 Å². The van der Waals surface area contributed by atoms with Gasteiger partial charge < -0.3 is 20.5 Å². The number of amides is 1. The molecule has 1 aliphatic heterocycles. The van der Waals surface area contributed by atoms with Crippen molar-refractivity contribution in [1.29, 1.82) is 0 Å². The number of aliphatic hydroxyl groups excluding tert-OH is 1. The molecule has 0 atom stereocenters. The summed E-state index contributed by atoms with van der Waals surface area (Å²) in [4.78, 5) is 23.1. The van der Waals surface area contributed by atoms with E-state index in [-0.39, 0.29) is 12.5 Å². The topological polar surface area (TPSA) is 91.9 Å². The lowest BCUT2D eigenvalue weighted by molar-refractivity contribution is 0.0620. The summed E-state index contributed by atoms with van der Waals surface area (Å²) < 4.78 is 5.21. The quantitative estimate of drug-likeness (QED) is 0.668. The number of fused-ring (bicyclic) bond motifs is 1. The van der Waals surface area contributed by atoms with Crippen LogP contribution in [0.5, 0.6) is 5.75 Å². The van der Waals surface area contributed by atoms with Crippen molar-refractivity contribution in [3.63, 3.8) is 0 Å². The number of aliphatic hydroxyl groups is 1. The van der Waals surface area contributed by atoms with Crippen molar-refractivity contribution < 1.29 is 14.6 Å². The number of benzene rings is 1. The predicted octanol–water partition coefficient (Wildman–Crippen LogP) is 2.30. The highest BCUT2D eigenvalue weighted by Gasteiger charge is 2.26. The largest absolute Gasteiger partial charge is 0.497 e. The molecule has 3 N–H and O–H groups in total. The average Bonchev–Trinajstić information content (AvgIpc) is 3.10. The minimum atomic E-state index is -0.0415. The van der Waals surface area contributed by atoms with Gasteiger partial charge in [0.1, 0.15) is 15.5 Å². The summed E-state index contributed by atoms with van der Waals surface area (Å²) in [6.45, 7) is 3.58. The second kappa shape index (κ2) is 8.36. The second-order valence-corrected chi connectivity index (χ2v) is 7.98. The molecule has 0 bridgehead atoms. The Morgan fingerprint density at radius 3 is 2.55 bits per heavy atom. The van der Waals surface area contributed by atoms with Crippen molar-refractivity contribution >= 4 is 33.1 Å². The third-order valence-electron chi connectivity index (χ3n) is 5.25. The molecule has 29 heavy (non-hydrogen) atoms. The summed E-state index contributed by atoms with van der Waals surface area (Å²) in [6, 6.07) is 11.6. The fourth-order valence-electron chi connectivity index (χ4n) is 3.54. The van der Waals surface area contributed by atoms with Crippen LogP contribution in [0, 0.1) is 0 Å². The molecule has 0 radical (unpaired) electrons. The number of aromatic nitrogens is 1. The number of hydrogen-bond acceptors (Lipinski definition) is 7. The molecule has 1 fully saturated rings. The Hall–Kier alpha value is -2.68. The van der Waals surface area contributed by atoms with Crippen LogP contribution in [0.3, 0.4) is 0 Å². The molecular weight excluding hydrogens is 388 g/mol. The summed E-state index contributed by atoms with van der Waals surface area (Å²) >= 11 is 1.35. The zero-order valence-electron chi connectivity index (χ0n) is 16.3. The van der Waals surface area contributed by atoms with Gasteiger partial charge in [-0.05, 0) is 36.4 Å². The third kappa shape index (κ3) is 3.91. The number of carbonyl (C=O) groups is 1. The van der Waals surface area contributed by atoms with Crippen LogP contribution in [0.15, 0.2) is 36.4 Å². The van der Waals surface area contributed by atoms with E-state index in [9.17, 15) is 4.79 Å². The fourth-order valence-corrected chi connectivity index (χ4v) is 4.60. The third-order valence-corrected chi connectivity index (χ3v) is 6.35. The smallest absolute Gasteiger partial charge is 0.266 e. The number of ether oxygens (including phenoxy) is 1. The zero-order valence-corrected chi connectivity index (χ0v) is 17.1. The van der Waals surface area contributed by atoms with E-state index in [1.807, 2.05) is 41.3 Å². The number of pyridine rings is 1. The van der Waals surface area contributed by atoms with Gasteiger partial charge in [0.2, 0.25) is 0 Å². The number of nitrogen functional groups attached to an aromatic ring is 1. The van der Waals surface area contributed by atoms with Crippen LogP contribution >= 0.6 is 11.3 Å². The standard InChI is InChI=1S/C21H24N4O3S/c1-28-15-4-2-14(3-5-15)17-7-6-16-18(22)19(29-20(16)23-17)21(27)25-10-8-24(9-11-25)12-13-26/h2-7,26H,8-13,22H2,1H3. The Bertz CT molecular complexity index is 1010. The normalized spacial score (nSPS) is 15.0. The van der Waals surface area contributed by atoms with E-state index in [1.165, 1.54) is 11.3 Å². The van der Waals surface area contributed by atoms with Gasteiger partial charge >= 0.3 is 0 Å². The molecule has 8 heteroatoms. The lowest BCUT2D eigenvalue weighted by atomic mass is 10.1. The molecule has 0 aliphatic carbocycles. The molecule has 0 saturated carbocycles. The van der Waals surface area contributed by atoms with Crippen LogP contribution in [-0.2, 0) is 0 Å². The predicted molar refractivity (Wildman–Crippen MR) is 115 cm³/mol. The number of hydrogen-bond donors (Lipinski definition) is 2. The van der Waals surface area contributed by atoms with Crippen LogP contribution in [0.4, 0.5) is 5.69 Å². The van der Waals surface area contributed by atoms with E-state index in [0.29, 0.717) is 30.2 Å². The lowest BCUT2D eigenvalue weighted by Crippen LogP contribution is -2.49. The first-order valence-corrected chi connectivity index (χ1v) is 10.4. The van der Waals surface area contributed by atoms with Crippen molar-refractivity contribution in [3.8, 4) is 17.0 Å². The highest BCUT2D eigenvalue weighted by Crippen LogP contribution is 2.35.